The van der Waals surface area contributed by atoms with E-state index in [0.29, 0.717) is 5.92 Å². The van der Waals surface area contributed by atoms with Crippen LogP contribution in [0.3, 0.4) is 0 Å². The molecule has 0 spiro atoms. The molecule has 0 bridgehead atoms. The highest BCUT2D eigenvalue weighted by molar-refractivity contribution is 5.46. The number of benzene rings is 1. The summed E-state index contributed by atoms with van der Waals surface area (Å²) in [6.45, 7) is 6.05. The molecule has 1 radical (unpaired) electrons. The van der Waals surface area contributed by atoms with Gasteiger partial charge >= 0.3 is 0 Å². The minimum Gasteiger partial charge on any atom is -0.493 e. The molecule has 0 fully saturated rings. The summed E-state index contributed by atoms with van der Waals surface area (Å²) in [5.41, 5.74) is 1.15. The van der Waals surface area contributed by atoms with Crippen LogP contribution in [0.1, 0.15) is 12.5 Å². The maximum Gasteiger partial charge on any atom is 0.163 e. The molecule has 0 aliphatic carbocycles. The molecule has 1 aromatic carbocycles. The van der Waals surface area contributed by atoms with Gasteiger partial charge in [0.05, 0.1) is 14.2 Å². The molecule has 0 saturated carbocycles. The van der Waals surface area contributed by atoms with Gasteiger partial charge in [-0.15, -0.1) is 0 Å². The van der Waals surface area contributed by atoms with Gasteiger partial charge in [0.2, 0.25) is 0 Å². The zero-order valence-corrected chi connectivity index (χ0v) is 9.04. The molecule has 1 unspecified atom stereocenters. The molecule has 1 rings (SSSR count). The predicted molar refractivity (Wildman–Crippen MR) is 57.8 cm³/mol. The van der Waals surface area contributed by atoms with E-state index in [4.69, 9.17) is 9.47 Å². The summed E-state index contributed by atoms with van der Waals surface area (Å²) < 4.78 is 10.5. The molecule has 0 aromatic heterocycles. The van der Waals surface area contributed by atoms with E-state index in [1.54, 1.807) is 14.2 Å². The third-order valence-corrected chi connectivity index (χ3v) is 2.05. The monoisotopic (exact) mass is 193 g/mol. The first-order chi connectivity index (χ1) is 6.69. The fourth-order valence-electron chi connectivity index (χ4n) is 1.49. The molecule has 0 aliphatic heterocycles. The van der Waals surface area contributed by atoms with Crippen molar-refractivity contribution in [2.24, 2.45) is 5.92 Å². The van der Waals surface area contributed by atoms with Crippen LogP contribution in [0.4, 0.5) is 0 Å². The number of para-hydroxylation sites is 1. The lowest BCUT2D eigenvalue weighted by molar-refractivity contribution is 0.350. The SMILES string of the molecule is [CH2]C(C)Cc1cccc(OC)c1OC. The third kappa shape index (κ3) is 2.41. The van der Waals surface area contributed by atoms with E-state index in [1.807, 2.05) is 18.2 Å². The first kappa shape index (κ1) is 10.9. The largest absolute Gasteiger partial charge is 0.493 e. The quantitative estimate of drug-likeness (QED) is 0.732. The highest BCUT2D eigenvalue weighted by atomic mass is 16.5. The minimum absolute atomic E-state index is 0.371. The van der Waals surface area contributed by atoms with Crippen molar-refractivity contribution in [3.05, 3.63) is 30.7 Å². The molecule has 1 aromatic rings. The zero-order chi connectivity index (χ0) is 10.6. The molecule has 1 atom stereocenters. The van der Waals surface area contributed by atoms with Crippen LogP contribution >= 0.6 is 0 Å². The number of ether oxygens (including phenoxy) is 2. The Morgan fingerprint density at radius 3 is 2.50 bits per heavy atom. The number of rotatable bonds is 4. The predicted octanol–water partition coefficient (Wildman–Crippen LogP) is 2.72. The van der Waals surface area contributed by atoms with Crippen LogP contribution in [0.15, 0.2) is 18.2 Å². The lowest BCUT2D eigenvalue weighted by atomic mass is 10.0. The smallest absolute Gasteiger partial charge is 0.163 e. The topological polar surface area (TPSA) is 18.5 Å². The molecule has 0 aliphatic rings. The Kier molecular flexibility index (Phi) is 3.81. The van der Waals surface area contributed by atoms with Gasteiger partial charge in [-0.3, -0.25) is 0 Å². The molecule has 2 nitrogen and oxygen atoms in total. The van der Waals surface area contributed by atoms with Crippen molar-refractivity contribution in [1.29, 1.82) is 0 Å². The first-order valence-electron chi connectivity index (χ1n) is 4.72. The Hall–Kier alpha value is -1.18. The molecular weight excluding hydrogens is 176 g/mol. The Bertz CT molecular complexity index is 292. The second-order valence-electron chi connectivity index (χ2n) is 3.46. The molecule has 0 saturated heterocycles. The molecule has 77 valence electrons. The average molecular weight is 193 g/mol. The van der Waals surface area contributed by atoms with Crippen molar-refractivity contribution in [1.82, 2.24) is 0 Å². The minimum atomic E-state index is 0.371. The van der Waals surface area contributed by atoms with E-state index in [2.05, 4.69) is 13.8 Å². The van der Waals surface area contributed by atoms with Crippen LogP contribution in [-0.4, -0.2) is 14.2 Å². The Morgan fingerprint density at radius 1 is 1.29 bits per heavy atom. The summed E-state index contributed by atoms with van der Waals surface area (Å²) >= 11 is 0. The molecule has 0 heterocycles. The molecular formula is C12H17O2. The van der Waals surface area contributed by atoms with Crippen LogP contribution in [0, 0.1) is 12.8 Å². The van der Waals surface area contributed by atoms with Gasteiger partial charge < -0.3 is 9.47 Å². The van der Waals surface area contributed by atoms with E-state index in [0.717, 1.165) is 23.5 Å². The van der Waals surface area contributed by atoms with E-state index in [1.165, 1.54) is 0 Å². The fourth-order valence-corrected chi connectivity index (χ4v) is 1.49. The zero-order valence-electron chi connectivity index (χ0n) is 9.04. The maximum atomic E-state index is 5.32. The second-order valence-corrected chi connectivity index (χ2v) is 3.46. The summed E-state index contributed by atoms with van der Waals surface area (Å²) in [6.07, 6.45) is 0.903. The summed E-state index contributed by atoms with van der Waals surface area (Å²) in [7, 11) is 3.31. The van der Waals surface area contributed by atoms with Gasteiger partial charge in [0.1, 0.15) is 0 Å². The van der Waals surface area contributed by atoms with Gasteiger partial charge in [0, 0.05) is 0 Å². The number of hydrogen-bond donors (Lipinski definition) is 0. The number of methoxy groups -OCH3 is 2. The van der Waals surface area contributed by atoms with E-state index in [9.17, 15) is 0 Å². The van der Waals surface area contributed by atoms with Crippen molar-refractivity contribution in [3.8, 4) is 11.5 Å². The van der Waals surface area contributed by atoms with Gasteiger partial charge in [0.25, 0.3) is 0 Å². The van der Waals surface area contributed by atoms with Crippen molar-refractivity contribution < 1.29 is 9.47 Å². The van der Waals surface area contributed by atoms with Gasteiger partial charge in [-0.1, -0.05) is 26.0 Å². The van der Waals surface area contributed by atoms with Crippen molar-refractivity contribution >= 4 is 0 Å². The second kappa shape index (κ2) is 4.89. The number of hydrogen-bond acceptors (Lipinski definition) is 2. The molecule has 14 heavy (non-hydrogen) atoms. The summed E-state index contributed by atoms with van der Waals surface area (Å²) in [5.74, 6) is 1.98. The molecule has 2 heteroatoms. The summed E-state index contributed by atoms with van der Waals surface area (Å²) in [6, 6.07) is 5.91. The lowest BCUT2D eigenvalue weighted by Gasteiger charge is -2.13. The normalized spacial score (nSPS) is 10.4. The first-order valence-corrected chi connectivity index (χ1v) is 4.72. The lowest BCUT2D eigenvalue weighted by Crippen LogP contribution is -1.99. The highest BCUT2D eigenvalue weighted by Gasteiger charge is 2.09. The van der Waals surface area contributed by atoms with Gasteiger partial charge in [0.15, 0.2) is 11.5 Å². The van der Waals surface area contributed by atoms with E-state index >= 15 is 0 Å². The maximum absolute atomic E-state index is 5.32. The van der Waals surface area contributed by atoms with Crippen molar-refractivity contribution in [2.45, 2.75) is 13.3 Å². The average Bonchev–Trinajstić information content (AvgIpc) is 2.16. The van der Waals surface area contributed by atoms with E-state index in [-0.39, 0.29) is 0 Å². The standard InChI is InChI=1S/C12H17O2/c1-9(2)8-10-6-5-7-11(13-3)12(10)14-4/h5-7,9H,1,8H2,2-4H3. The summed E-state index contributed by atoms with van der Waals surface area (Å²) in [4.78, 5) is 0. The van der Waals surface area contributed by atoms with Crippen LogP contribution in [0.5, 0.6) is 11.5 Å². The summed E-state index contributed by atoms with van der Waals surface area (Å²) in [5, 5.41) is 0. The Morgan fingerprint density at radius 2 is 2.00 bits per heavy atom. The Labute approximate surface area is 85.8 Å². The van der Waals surface area contributed by atoms with Crippen LogP contribution in [0.2, 0.25) is 0 Å². The third-order valence-electron chi connectivity index (χ3n) is 2.05. The van der Waals surface area contributed by atoms with Gasteiger partial charge in [-0.25, -0.2) is 0 Å². The van der Waals surface area contributed by atoms with Crippen molar-refractivity contribution in [3.63, 3.8) is 0 Å². The fraction of sp³-hybridized carbons (Fsp3) is 0.417. The van der Waals surface area contributed by atoms with Crippen LogP contribution < -0.4 is 9.47 Å². The molecule has 0 N–H and O–H groups in total. The van der Waals surface area contributed by atoms with Crippen LogP contribution in [0.25, 0.3) is 0 Å². The van der Waals surface area contributed by atoms with Gasteiger partial charge in [-0.05, 0) is 24.0 Å². The highest BCUT2D eigenvalue weighted by Crippen LogP contribution is 2.31. The van der Waals surface area contributed by atoms with Crippen LogP contribution in [-0.2, 0) is 6.42 Å². The molecule has 0 amide bonds. The van der Waals surface area contributed by atoms with Gasteiger partial charge in [-0.2, -0.15) is 0 Å². The van der Waals surface area contributed by atoms with Crippen molar-refractivity contribution in [2.75, 3.05) is 14.2 Å². The Balaban J connectivity index is 3.02. The van der Waals surface area contributed by atoms with E-state index < -0.39 is 0 Å².